The number of hydrogen-bond acceptors (Lipinski definition) is 3. The Morgan fingerprint density at radius 1 is 1.38 bits per heavy atom. The van der Waals surface area contributed by atoms with Gasteiger partial charge in [-0.1, -0.05) is 19.1 Å². The first-order chi connectivity index (χ1) is 10.1. The molecule has 0 bridgehead atoms. The molecule has 1 unspecified atom stereocenters. The summed E-state index contributed by atoms with van der Waals surface area (Å²) in [5, 5.41) is 0. The Morgan fingerprint density at radius 3 is 2.90 bits per heavy atom. The van der Waals surface area contributed by atoms with Crippen molar-refractivity contribution >= 4 is 17.3 Å². The van der Waals surface area contributed by atoms with Crippen LogP contribution in [0.15, 0.2) is 36.5 Å². The molecule has 1 aliphatic rings. The van der Waals surface area contributed by atoms with Crippen LogP contribution in [0.5, 0.6) is 0 Å². The Kier molecular flexibility index (Phi) is 3.50. The minimum absolute atomic E-state index is 0.193. The largest absolute Gasteiger partial charge is 0.322 e. The fourth-order valence-corrected chi connectivity index (χ4v) is 3.08. The van der Waals surface area contributed by atoms with Gasteiger partial charge in [-0.3, -0.25) is 4.79 Å². The van der Waals surface area contributed by atoms with Crippen molar-refractivity contribution < 1.29 is 4.79 Å². The number of aryl methyl sites for hydroxylation is 1. The second-order valence-corrected chi connectivity index (χ2v) is 5.70. The molecule has 0 spiro atoms. The number of carbonyl (C=O) groups excluding carboxylic acids is 1. The highest BCUT2D eigenvalue weighted by molar-refractivity contribution is 6.03. The lowest BCUT2D eigenvalue weighted by Crippen LogP contribution is -2.26. The summed E-state index contributed by atoms with van der Waals surface area (Å²) >= 11 is 0. The van der Waals surface area contributed by atoms with Gasteiger partial charge in [-0.05, 0) is 49.6 Å². The van der Waals surface area contributed by atoms with Gasteiger partial charge in [0, 0.05) is 24.2 Å². The Morgan fingerprint density at radius 2 is 2.19 bits per heavy atom. The van der Waals surface area contributed by atoms with E-state index in [1.165, 1.54) is 11.1 Å². The predicted molar refractivity (Wildman–Crippen MR) is 85.3 cm³/mol. The highest BCUT2D eigenvalue weighted by Gasteiger charge is 2.31. The van der Waals surface area contributed by atoms with Crippen LogP contribution in [0.4, 0.5) is 11.5 Å². The molecule has 2 heterocycles. The summed E-state index contributed by atoms with van der Waals surface area (Å²) in [6.07, 6.45) is 3.31. The van der Waals surface area contributed by atoms with Crippen LogP contribution in [0.2, 0.25) is 0 Å². The van der Waals surface area contributed by atoms with Gasteiger partial charge in [-0.2, -0.15) is 0 Å². The van der Waals surface area contributed by atoms with Crippen molar-refractivity contribution in [2.45, 2.75) is 39.7 Å². The number of pyridine rings is 1. The quantitative estimate of drug-likeness (QED) is 0.795. The van der Waals surface area contributed by atoms with Crippen molar-refractivity contribution in [3.8, 4) is 0 Å². The van der Waals surface area contributed by atoms with Crippen LogP contribution >= 0.6 is 0 Å². The number of anilines is 2. The van der Waals surface area contributed by atoms with Gasteiger partial charge in [0.25, 0.3) is 0 Å². The highest BCUT2D eigenvalue weighted by Crippen LogP contribution is 2.40. The Bertz CT molecular complexity index is 693. The van der Waals surface area contributed by atoms with E-state index in [9.17, 15) is 4.79 Å². The molecule has 0 saturated heterocycles. The van der Waals surface area contributed by atoms with Crippen molar-refractivity contribution in [1.29, 1.82) is 0 Å². The molecule has 3 rings (SSSR count). The molecule has 0 amide bonds. The predicted octanol–water partition coefficient (Wildman–Crippen LogP) is 4.07. The maximum absolute atomic E-state index is 12.3. The first-order valence-electron chi connectivity index (χ1n) is 7.48. The third-order valence-corrected chi connectivity index (χ3v) is 4.09. The minimum Gasteiger partial charge on any atom is -0.322 e. The van der Waals surface area contributed by atoms with Crippen molar-refractivity contribution in [3.63, 3.8) is 0 Å². The van der Waals surface area contributed by atoms with Crippen molar-refractivity contribution in [3.05, 3.63) is 53.2 Å². The zero-order chi connectivity index (χ0) is 15.0. The summed E-state index contributed by atoms with van der Waals surface area (Å²) in [5.74, 6) is 1.12. The number of ketones is 1. The molecule has 0 radical (unpaired) electrons. The minimum atomic E-state index is 0.193. The lowest BCUT2D eigenvalue weighted by Gasteiger charge is -2.25. The topological polar surface area (TPSA) is 33.2 Å². The summed E-state index contributed by atoms with van der Waals surface area (Å²) in [4.78, 5) is 19.0. The Balaban J connectivity index is 2.16. The number of Topliss-reactive ketones (excluding diaryl/α,β-unsaturated/α-hetero) is 1. The van der Waals surface area contributed by atoms with E-state index in [2.05, 4.69) is 35.9 Å². The molecule has 1 aromatic carbocycles. The van der Waals surface area contributed by atoms with E-state index < -0.39 is 0 Å². The molecule has 2 aromatic rings. The average Bonchev–Trinajstić information content (AvgIpc) is 2.82. The summed E-state index contributed by atoms with van der Waals surface area (Å²) in [7, 11) is 0. The molecule has 108 valence electrons. The maximum Gasteiger partial charge on any atom is 0.164 e. The smallest absolute Gasteiger partial charge is 0.164 e. The number of hydrogen-bond donors (Lipinski definition) is 0. The molecular weight excluding hydrogens is 260 g/mol. The fourth-order valence-electron chi connectivity index (χ4n) is 3.08. The standard InChI is InChI=1S/C18H20N2O/c1-4-16(21)15-7-5-6-14-11-13(3)20(18(14)15)17-10-12(2)8-9-19-17/h5-10,13H,4,11H2,1-3H3. The van der Waals surface area contributed by atoms with E-state index >= 15 is 0 Å². The van der Waals surface area contributed by atoms with Gasteiger partial charge < -0.3 is 4.90 Å². The van der Waals surface area contributed by atoms with Crippen LogP contribution < -0.4 is 4.90 Å². The van der Waals surface area contributed by atoms with E-state index in [1.807, 2.05) is 31.3 Å². The van der Waals surface area contributed by atoms with Crippen molar-refractivity contribution in [2.75, 3.05) is 4.90 Å². The third kappa shape index (κ3) is 2.33. The van der Waals surface area contributed by atoms with E-state index in [0.29, 0.717) is 12.5 Å². The van der Waals surface area contributed by atoms with Gasteiger partial charge in [-0.25, -0.2) is 4.98 Å². The molecule has 3 heteroatoms. The molecule has 1 atom stereocenters. The molecule has 1 aliphatic heterocycles. The Hall–Kier alpha value is -2.16. The van der Waals surface area contributed by atoms with E-state index in [4.69, 9.17) is 0 Å². The van der Waals surface area contributed by atoms with Crippen LogP contribution in [-0.2, 0) is 6.42 Å². The molecule has 1 aromatic heterocycles. The monoisotopic (exact) mass is 280 g/mol. The molecular formula is C18H20N2O. The molecule has 0 saturated carbocycles. The highest BCUT2D eigenvalue weighted by atomic mass is 16.1. The van der Waals surface area contributed by atoms with Gasteiger partial charge in [0.2, 0.25) is 0 Å². The van der Waals surface area contributed by atoms with Gasteiger partial charge in [0.1, 0.15) is 5.82 Å². The molecule has 0 N–H and O–H groups in total. The number of aromatic nitrogens is 1. The normalized spacial score (nSPS) is 16.9. The second kappa shape index (κ2) is 5.32. The van der Waals surface area contributed by atoms with Crippen LogP contribution in [0.3, 0.4) is 0 Å². The van der Waals surface area contributed by atoms with Gasteiger partial charge >= 0.3 is 0 Å². The number of rotatable bonds is 3. The van der Waals surface area contributed by atoms with Crippen molar-refractivity contribution in [1.82, 2.24) is 4.98 Å². The van der Waals surface area contributed by atoms with E-state index in [1.54, 1.807) is 0 Å². The molecule has 0 fully saturated rings. The zero-order valence-corrected chi connectivity index (χ0v) is 12.8. The van der Waals surface area contributed by atoms with E-state index in [0.717, 1.165) is 23.5 Å². The second-order valence-electron chi connectivity index (χ2n) is 5.70. The van der Waals surface area contributed by atoms with E-state index in [-0.39, 0.29) is 5.78 Å². The van der Waals surface area contributed by atoms with Crippen molar-refractivity contribution in [2.24, 2.45) is 0 Å². The number of fused-ring (bicyclic) bond motifs is 1. The zero-order valence-electron chi connectivity index (χ0n) is 12.8. The summed E-state index contributed by atoms with van der Waals surface area (Å²) in [5.41, 5.74) is 4.29. The Labute approximate surface area is 125 Å². The summed E-state index contributed by atoms with van der Waals surface area (Å²) < 4.78 is 0. The van der Waals surface area contributed by atoms with Gasteiger partial charge in [0.15, 0.2) is 5.78 Å². The average molecular weight is 280 g/mol. The third-order valence-electron chi connectivity index (χ3n) is 4.09. The lowest BCUT2D eigenvalue weighted by atomic mass is 10.0. The molecule has 3 nitrogen and oxygen atoms in total. The fraction of sp³-hybridized carbons (Fsp3) is 0.333. The van der Waals surface area contributed by atoms with Gasteiger partial charge in [-0.15, -0.1) is 0 Å². The molecule has 0 aliphatic carbocycles. The first kappa shape index (κ1) is 13.8. The summed E-state index contributed by atoms with van der Waals surface area (Å²) in [6, 6.07) is 10.4. The lowest BCUT2D eigenvalue weighted by molar-refractivity contribution is 0.0988. The first-order valence-corrected chi connectivity index (χ1v) is 7.48. The van der Waals surface area contributed by atoms with Crippen LogP contribution in [0.1, 0.15) is 41.8 Å². The number of para-hydroxylation sites is 1. The number of nitrogens with zero attached hydrogens (tertiary/aromatic N) is 2. The maximum atomic E-state index is 12.3. The summed E-state index contributed by atoms with van der Waals surface area (Å²) in [6.45, 7) is 6.16. The SMILES string of the molecule is CCC(=O)c1cccc2c1N(c1cc(C)ccn1)C(C)C2. The van der Waals surface area contributed by atoms with Crippen LogP contribution in [0, 0.1) is 6.92 Å². The van der Waals surface area contributed by atoms with Gasteiger partial charge in [0.05, 0.1) is 5.69 Å². The molecule has 21 heavy (non-hydrogen) atoms. The number of benzene rings is 1. The number of carbonyl (C=O) groups is 1. The van der Waals surface area contributed by atoms with Crippen LogP contribution in [-0.4, -0.2) is 16.8 Å². The van der Waals surface area contributed by atoms with Crippen LogP contribution in [0.25, 0.3) is 0 Å².